The number of nitrogens with one attached hydrogen (secondary N) is 1. The van der Waals surface area contributed by atoms with Crippen molar-refractivity contribution in [1.29, 1.82) is 0 Å². The maximum Gasteiger partial charge on any atom is 0.248 e. The fraction of sp³-hybridized carbons (Fsp3) is 0.226. The average Bonchev–Trinajstić information content (AvgIpc) is 3.68. The van der Waals surface area contributed by atoms with Gasteiger partial charge in [-0.3, -0.25) is 14.3 Å². The van der Waals surface area contributed by atoms with Crippen molar-refractivity contribution in [3.63, 3.8) is 0 Å². The Balaban J connectivity index is 1.41. The third-order valence-electron chi connectivity index (χ3n) is 7.59. The van der Waals surface area contributed by atoms with Crippen molar-refractivity contribution in [2.24, 2.45) is 11.5 Å². The van der Waals surface area contributed by atoms with Crippen LogP contribution < -0.4 is 21.5 Å². The number of primary amides is 2. The predicted molar refractivity (Wildman–Crippen MR) is 169 cm³/mol. The maximum atomic E-state index is 12.0. The van der Waals surface area contributed by atoms with E-state index in [2.05, 4.69) is 25.0 Å². The first kappa shape index (κ1) is 28.4. The van der Waals surface area contributed by atoms with E-state index in [0.29, 0.717) is 53.8 Å². The van der Waals surface area contributed by atoms with E-state index in [1.807, 2.05) is 47.4 Å². The molecular formula is C31H32N10O3. The van der Waals surface area contributed by atoms with E-state index in [1.54, 1.807) is 44.6 Å². The second-order valence-corrected chi connectivity index (χ2v) is 10.3. The summed E-state index contributed by atoms with van der Waals surface area (Å²) in [6, 6.07) is 10.6. The van der Waals surface area contributed by atoms with Crippen LogP contribution in [0.15, 0.2) is 54.7 Å². The lowest BCUT2D eigenvalue weighted by Crippen LogP contribution is -2.11. The number of amides is 2. The van der Waals surface area contributed by atoms with Crippen LogP contribution in [-0.4, -0.2) is 59.8 Å². The first-order valence-electron chi connectivity index (χ1n) is 14.1. The molecule has 6 rings (SSSR count). The summed E-state index contributed by atoms with van der Waals surface area (Å²) in [6.45, 7) is 5.61. The van der Waals surface area contributed by atoms with Crippen LogP contribution in [0, 0.1) is 6.92 Å². The van der Waals surface area contributed by atoms with Crippen LogP contribution in [-0.2, 0) is 19.6 Å². The molecule has 44 heavy (non-hydrogen) atoms. The van der Waals surface area contributed by atoms with Gasteiger partial charge in [-0.2, -0.15) is 5.10 Å². The molecule has 13 heteroatoms. The van der Waals surface area contributed by atoms with Crippen molar-refractivity contribution in [3.8, 4) is 17.3 Å². The number of carbonyl (C=O) groups excluding carboxylic acids is 2. The van der Waals surface area contributed by atoms with E-state index in [4.69, 9.17) is 21.2 Å². The lowest BCUT2D eigenvalue weighted by Gasteiger charge is -2.10. The third kappa shape index (κ3) is 4.77. The SMILES string of the molecule is CCn1nc(C)cc1-c1ncc2c3cc(C(N)=O)ccc3n(C/C=C/Cn3c(NC)nc4cc(C(N)=O)cc(OC)c43)c2n1. The molecule has 6 aromatic rings. The maximum absolute atomic E-state index is 12.0. The smallest absolute Gasteiger partial charge is 0.248 e. The lowest BCUT2D eigenvalue weighted by molar-refractivity contribution is 0.0992. The van der Waals surface area contributed by atoms with E-state index in [0.717, 1.165) is 38.8 Å². The minimum absolute atomic E-state index is 0.321. The van der Waals surface area contributed by atoms with Gasteiger partial charge in [0, 0.05) is 54.8 Å². The van der Waals surface area contributed by atoms with Gasteiger partial charge in [-0.05, 0) is 50.2 Å². The number of imidazole rings is 1. The fourth-order valence-electron chi connectivity index (χ4n) is 5.55. The van der Waals surface area contributed by atoms with Crippen molar-refractivity contribution in [3.05, 3.63) is 71.6 Å². The molecule has 0 radical (unpaired) electrons. The van der Waals surface area contributed by atoms with Crippen LogP contribution in [0.1, 0.15) is 33.3 Å². The van der Waals surface area contributed by atoms with Crippen LogP contribution in [0.3, 0.4) is 0 Å². The standard InChI is InChI=1S/C31H32N10O3/c1-5-41-24(12-17(2)38-41)29-35-16-21-20-13-18(27(32)42)8-9-23(20)39(30(21)37-29)10-6-7-11-40-26-22(36-31(40)34-3)14-19(28(33)43)15-25(26)44-4/h6-9,12-16H,5,10-11H2,1-4H3,(H2,32,42)(H2,33,43)(H,34,36)/b7-6+. The summed E-state index contributed by atoms with van der Waals surface area (Å²) in [4.78, 5) is 38.1. The zero-order valence-electron chi connectivity index (χ0n) is 24.8. The summed E-state index contributed by atoms with van der Waals surface area (Å²) >= 11 is 0. The van der Waals surface area contributed by atoms with Gasteiger partial charge in [0.1, 0.15) is 22.6 Å². The Hall–Kier alpha value is -5.72. The number of aromatic nitrogens is 7. The molecule has 0 saturated carbocycles. The molecule has 2 amide bonds. The highest BCUT2D eigenvalue weighted by Crippen LogP contribution is 2.32. The summed E-state index contributed by atoms with van der Waals surface area (Å²) in [5.41, 5.74) is 16.5. The van der Waals surface area contributed by atoms with Crippen molar-refractivity contribution in [2.45, 2.75) is 33.5 Å². The first-order valence-corrected chi connectivity index (χ1v) is 14.1. The summed E-state index contributed by atoms with van der Waals surface area (Å²) < 4.78 is 11.5. The number of aryl methyl sites for hydroxylation is 2. The number of benzene rings is 2. The second-order valence-electron chi connectivity index (χ2n) is 10.3. The zero-order valence-corrected chi connectivity index (χ0v) is 24.8. The van der Waals surface area contributed by atoms with Crippen LogP contribution in [0.25, 0.3) is 44.5 Å². The highest BCUT2D eigenvalue weighted by Gasteiger charge is 2.19. The Morgan fingerprint density at radius 2 is 1.73 bits per heavy atom. The Kier molecular flexibility index (Phi) is 7.21. The molecule has 0 spiro atoms. The Morgan fingerprint density at radius 1 is 0.977 bits per heavy atom. The summed E-state index contributed by atoms with van der Waals surface area (Å²) in [6.07, 6.45) is 5.85. The average molecular weight is 593 g/mol. The van der Waals surface area contributed by atoms with E-state index < -0.39 is 11.8 Å². The van der Waals surface area contributed by atoms with Gasteiger partial charge in [-0.25, -0.2) is 15.0 Å². The molecule has 2 aromatic carbocycles. The second kappa shape index (κ2) is 11.2. The molecule has 0 saturated heterocycles. The van der Waals surface area contributed by atoms with E-state index in [9.17, 15) is 9.59 Å². The summed E-state index contributed by atoms with van der Waals surface area (Å²) in [5, 5.41) is 9.32. The fourth-order valence-corrected chi connectivity index (χ4v) is 5.55. The van der Waals surface area contributed by atoms with Crippen molar-refractivity contribution >= 4 is 50.7 Å². The number of anilines is 1. The number of carbonyl (C=O) groups is 2. The van der Waals surface area contributed by atoms with Gasteiger partial charge in [0.15, 0.2) is 5.82 Å². The van der Waals surface area contributed by atoms with E-state index in [-0.39, 0.29) is 0 Å². The molecule has 0 aliphatic rings. The van der Waals surface area contributed by atoms with E-state index in [1.165, 1.54) is 0 Å². The van der Waals surface area contributed by atoms with Gasteiger partial charge in [-0.1, -0.05) is 12.2 Å². The number of fused-ring (bicyclic) bond motifs is 4. The molecular weight excluding hydrogens is 560 g/mol. The van der Waals surface area contributed by atoms with Gasteiger partial charge >= 0.3 is 0 Å². The largest absolute Gasteiger partial charge is 0.494 e. The lowest BCUT2D eigenvalue weighted by atomic mass is 10.1. The molecule has 0 fully saturated rings. The molecule has 0 bridgehead atoms. The highest BCUT2D eigenvalue weighted by atomic mass is 16.5. The molecule has 4 aromatic heterocycles. The molecule has 13 nitrogen and oxygen atoms in total. The number of ether oxygens (including phenoxy) is 1. The zero-order chi connectivity index (χ0) is 31.1. The summed E-state index contributed by atoms with van der Waals surface area (Å²) in [5.74, 6) is 0.617. The van der Waals surface area contributed by atoms with Gasteiger partial charge in [0.05, 0.1) is 23.8 Å². The minimum Gasteiger partial charge on any atom is -0.494 e. The predicted octanol–water partition coefficient (Wildman–Crippen LogP) is 3.63. The topological polar surface area (TPSA) is 174 Å². The van der Waals surface area contributed by atoms with Crippen molar-refractivity contribution in [1.82, 2.24) is 33.9 Å². The Morgan fingerprint density at radius 3 is 2.41 bits per heavy atom. The van der Waals surface area contributed by atoms with Gasteiger partial charge in [-0.15, -0.1) is 0 Å². The van der Waals surface area contributed by atoms with Gasteiger partial charge in [0.25, 0.3) is 0 Å². The number of methoxy groups -OCH3 is 1. The molecule has 224 valence electrons. The number of nitrogens with zero attached hydrogens (tertiary/aromatic N) is 7. The number of hydrogen-bond donors (Lipinski definition) is 3. The van der Waals surface area contributed by atoms with Gasteiger partial charge in [0.2, 0.25) is 17.8 Å². The third-order valence-corrected chi connectivity index (χ3v) is 7.59. The Labute approximate surface area is 252 Å². The monoisotopic (exact) mass is 592 g/mol. The molecule has 0 unspecified atom stereocenters. The minimum atomic E-state index is -0.555. The molecule has 5 N–H and O–H groups in total. The quantitative estimate of drug-likeness (QED) is 0.202. The van der Waals surface area contributed by atoms with Gasteiger partial charge < -0.3 is 30.7 Å². The van der Waals surface area contributed by atoms with Crippen molar-refractivity contribution in [2.75, 3.05) is 19.5 Å². The van der Waals surface area contributed by atoms with Crippen LogP contribution in [0.4, 0.5) is 5.95 Å². The first-order chi connectivity index (χ1) is 21.2. The number of rotatable bonds is 10. The summed E-state index contributed by atoms with van der Waals surface area (Å²) in [7, 11) is 3.33. The Bertz CT molecular complexity index is 2120. The molecule has 0 aliphatic heterocycles. The molecule has 0 atom stereocenters. The number of allylic oxidation sites excluding steroid dienone is 2. The molecule has 0 aliphatic carbocycles. The number of nitrogens with two attached hydrogens (primary N) is 2. The van der Waals surface area contributed by atoms with Crippen molar-refractivity contribution < 1.29 is 14.3 Å². The van der Waals surface area contributed by atoms with Crippen LogP contribution >= 0.6 is 0 Å². The van der Waals surface area contributed by atoms with E-state index >= 15 is 0 Å². The number of hydrogen-bond acceptors (Lipinski definition) is 8. The highest BCUT2D eigenvalue weighted by molar-refractivity contribution is 6.09. The molecule has 4 heterocycles. The van der Waals surface area contributed by atoms with Crippen LogP contribution in [0.2, 0.25) is 0 Å². The van der Waals surface area contributed by atoms with Crippen LogP contribution in [0.5, 0.6) is 5.75 Å². The normalized spacial score (nSPS) is 11.7.